The standard InChI is InChI=1S/C23H34FN3O4/c1-27-15-7-5-3-2-4-6-8-18(16-21(28)26-31)22(29)25-20(23(27)30)14-11-17-9-12-19(24)13-10-17/h9-10,12-13,18,20,31H,2-8,11,14-16H2,1H3,(H,25,29)(H,26,28). The molecule has 2 rings (SSSR count). The van der Waals surface area contributed by atoms with Gasteiger partial charge in [-0.15, -0.1) is 0 Å². The fourth-order valence-corrected chi connectivity index (χ4v) is 3.93. The number of halogens is 1. The Morgan fingerprint density at radius 2 is 1.77 bits per heavy atom. The molecule has 1 aromatic rings. The summed E-state index contributed by atoms with van der Waals surface area (Å²) in [5, 5.41) is 11.7. The van der Waals surface area contributed by atoms with E-state index in [0.29, 0.717) is 25.8 Å². The predicted molar refractivity (Wildman–Crippen MR) is 115 cm³/mol. The van der Waals surface area contributed by atoms with Gasteiger partial charge in [0, 0.05) is 25.9 Å². The van der Waals surface area contributed by atoms with E-state index in [-0.39, 0.29) is 24.1 Å². The summed E-state index contributed by atoms with van der Waals surface area (Å²) < 4.78 is 13.2. The first kappa shape index (κ1) is 24.8. The number of rotatable bonds is 5. The molecule has 0 radical (unpaired) electrons. The van der Waals surface area contributed by atoms with E-state index >= 15 is 0 Å². The van der Waals surface area contributed by atoms with Crippen molar-refractivity contribution in [1.29, 1.82) is 0 Å². The van der Waals surface area contributed by atoms with E-state index < -0.39 is 17.9 Å². The second-order valence-electron chi connectivity index (χ2n) is 8.33. The molecule has 3 N–H and O–H groups in total. The van der Waals surface area contributed by atoms with E-state index in [1.165, 1.54) is 12.1 Å². The highest BCUT2D eigenvalue weighted by atomic mass is 19.1. The first-order chi connectivity index (χ1) is 14.9. The van der Waals surface area contributed by atoms with E-state index in [1.54, 1.807) is 29.6 Å². The fraction of sp³-hybridized carbons (Fsp3) is 0.609. The van der Waals surface area contributed by atoms with Gasteiger partial charge in [0.25, 0.3) is 0 Å². The fourth-order valence-electron chi connectivity index (χ4n) is 3.93. The number of hydrogen-bond acceptors (Lipinski definition) is 4. The maximum atomic E-state index is 13.2. The Morgan fingerprint density at radius 3 is 2.45 bits per heavy atom. The van der Waals surface area contributed by atoms with Crippen molar-refractivity contribution in [3.8, 4) is 0 Å². The molecule has 31 heavy (non-hydrogen) atoms. The van der Waals surface area contributed by atoms with Crippen LogP contribution in [0.2, 0.25) is 0 Å². The van der Waals surface area contributed by atoms with Crippen LogP contribution in [0.4, 0.5) is 4.39 Å². The van der Waals surface area contributed by atoms with Gasteiger partial charge in [0.15, 0.2) is 0 Å². The normalized spacial score (nSPS) is 21.8. The zero-order valence-corrected chi connectivity index (χ0v) is 18.2. The van der Waals surface area contributed by atoms with Crippen molar-refractivity contribution in [2.75, 3.05) is 13.6 Å². The van der Waals surface area contributed by atoms with Gasteiger partial charge in [-0.25, -0.2) is 9.87 Å². The molecule has 1 aliphatic rings. The van der Waals surface area contributed by atoms with Crippen LogP contribution in [-0.4, -0.2) is 47.5 Å². The third kappa shape index (κ3) is 8.65. The highest BCUT2D eigenvalue weighted by molar-refractivity contribution is 5.90. The van der Waals surface area contributed by atoms with Crippen LogP contribution in [-0.2, 0) is 20.8 Å². The van der Waals surface area contributed by atoms with Gasteiger partial charge in [-0.3, -0.25) is 19.6 Å². The number of hydrogen-bond donors (Lipinski definition) is 3. The quantitative estimate of drug-likeness (QED) is 0.489. The molecule has 0 bridgehead atoms. The van der Waals surface area contributed by atoms with E-state index in [9.17, 15) is 18.8 Å². The lowest BCUT2D eigenvalue weighted by molar-refractivity contribution is -0.138. The molecule has 2 unspecified atom stereocenters. The van der Waals surface area contributed by atoms with E-state index in [1.807, 2.05) is 0 Å². The van der Waals surface area contributed by atoms with Gasteiger partial charge in [0.05, 0.1) is 0 Å². The lowest BCUT2D eigenvalue weighted by Gasteiger charge is -2.27. The van der Waals surface area contributed by atoms with Crippen molar-refractivity contribution in [2.24, 2.45) is 5.92 Å². The lowest BCUT2D eigenvalue weighted by atomic mass is 9.94. The van der Waals surface area contributed by atoms with Crippen molar-refractivity contribution in [1.82, 2.24) is 15.7 Å². The Hall–Kier alpha value is -2.48. The molecule has 172 valence electrons. The Morgan fingerprint density at radius 1 is 1.13 bits per heavy atom. The number of hydroxylamine groups is 1. The number of carbonyl (C=O) groups excluding carboxylic acids is 3. The minimum Gasteiger partial charge on any atom is -0.344 e. The highest BCUT2D eigenvalue weighted by Gasteiger charge is 2.28. The van der Waals surface area contributed by atoms with E-state index in [0.717, 1.165) is 44.1 Å². The monoisotopic (exact) mass is 435 g/mol. The van der Waals surface area contributed by atoms with Crippen LogP contribution in [0, 0.1) is 11.7 Å². The van der Waals surface area contributed by atoms with Gasteiger partial charge >= 0.3 is 0 Å². The third-order valence-electron chi connectivity index (χ3n) is 5.85. The van der Waals surface area contributed by atoms with E-state index in [2.05, 4.69) is 5.32 Å². The largest absolute Gasteiger partial charge is 0.344 e. The highest BCUT2D eigenvalue weighted by Crippen LogP contribution is 2.18. The predicted octanol–water partition coefficient (Wildman–Crippen LogP) is 2.96. The number of benzene rings is 1. The Balaban J connectivity index is 2.14. The lowest BCUT2D eigenvalue weighted by Crippen LogP contribution is -2.49. The van der Waals surface area contributed by atoms with Crippen molar-refractivity contribution < 1.29 is 24.0 Å². The number of likely N-dealkylation sites (N-methyl/N-ethyl adjacent to an activating group) is 1. The van der Waals surface area contributed by atoms with Crippen LogP contribution < -0.4 is 10.8 Å². The third-order valence-corrected chi connectivity index (χ3v) is 5.85. The first-order valence-electron chi connectivity index (χ1n) is 11.1. The Bertz CT molecular complexity index is 726. The maximum Gasteiger partial charge on any atom is 0.244 e. The summed E-state index contributed by atoms with van der Waals surface area (Å²) >= 11 is 0. The minimum atomic E-state index is -0.731. The number of aryl methyl sites for hydroxylation is 1. The van der Waals surface area contributed by atoms with Gasteiger partial charge in [0.2, 0.25) is 17.7 Å². The zero-order valence-electron chi connectivity index (χ0n) is 18.2. The maximum absolute atomic E-state index is 13.2. The number of nitrogens with one attached hydrogen (secondary N) is 2. The molecular formula is C23H34FN3O4. The van der Waals surface area contributed by atoms with E-state index in [4.69, 9.17) is 5.21 Å². The van der Waals surface area contributed by atoms with Crippen LogP contribution in [0.3, 0.4) is 0 Å². The van der Waals surface area contributed by atoms with Gasteiger partial charge in [-0.1, -0.05) is 44.2 Å². The van der Waals surface area contributed by atoms with Gasteiger partial charge < -0.3 is 10.2 Å². The van der Waals surface area contributed by atoms with Gasteiger partial charge in [0.1, 0.15) is 11.9 Å². The molecule has 1 saturated heterocycles. The van der Waals surface area contributed by atoms with Crippen molar-refractivity contribution in [2.45, 2.75) is 70.3 Å². The SMILES string of the molecule is CN1CCCCCCCCC(CC(=O)NO)C(=O)NC(CCc2ccc(F)cc2)C1=O. The molecule has 2 atom stereocenters. The van der Waals surface area contributed by atoms with Crippen molar-refractivity contribution in [3.63, 3.8) is 0 Å². The zero-order chi connectivity index (χ0) is 22.6. The summed E-state index contributed by atoms with van der Waals surface area (Å²) in [6.07, 6.45) is 7.15. The molecule has 1 fully saturated rings. The minimum absolute atomic E-state index is 0.128. The molecule has 3 amide bonds. The molecule has 0 aromatic heterocycles. The van der Waals surface area contributed by atoms with Crippen molar-refractivity contribution >= 4 is 17.7 Å². The van der Waals surface area contributed by atoms with Crippen molar-refractivity contribution in [3.05, 3.63) is 35.6 Å². The molecular weight excluding hydrogens is 401 g/mol. The van der Waals surface area contributed by atoms with Crippen LogP contribution in [0.1, 0.15) is 63.4 Å². The second kappa shape index (κ2) is 13.0. The molecule has 0 aliphatic carbocycles. The first-order valence-corrected chi connectivity index (χ1v) is 11.1. The molecule has 7 nitrogen and oxygen atoms in total. The molecule has 8 heteroatoms. The van der Waals surface area contributed by atoms with Gasteiger partial charge in [-0.2, -0.15) is 0 Å². The molecule has 0 spiro atoms. The summed E-state index contributed by atoms with van der Waals surface area (Å²) in [5.41, 5.74) is 2.47. The van der Waals surface area contributed by atoms with Crippen LogP contribution in [0.5, 0.6) is 0 Å². The number of nitrogens with zero attached hydrogens (tertiary/aromatic N) is 1. The molecule has 1 aromatic carbocycles. The Kier molecular flexibility index (Phi) is 10.4. The molecule has 1 aliphatic heterocycles. The number of amides is 3. The summed E-state index contributed by atoms with van der Waals surface area (Å²) in [6.45, 7) is 0.623. The average Bonchev–Trinajstić information content (AvgIpc) is 2.77. The second-order valence-corrected chi connectivity index (χ2v) is 8.33. The van der Waals surface area contributed by atoms with Crippen LogP contribution in [0.15, 0.2) is 24.3 Å². The summed E-state index contributed by atoms with van der Waals surface area (Å²) in [5.74, 6) is -2.07. The molecule has 1 heterocycles. The Labute approximate surface area is 183 Å². The summed E-state index contributed by atoms with van der Waals surface area (Å²) in [6, 6.07) is 5.36. The summed E-state index contributed by atoms with van der Waals surface area (Å²) in [7, 11) is 1.74. The molecule has 0 saturated carbocycles. The van der Waals surface area contributed by atoms with Gasteiger partial charge in [-0.05, 0) is 43.4 Å². The topological polar surface area (TPSA) is 98.7 Å². The van der Waals surface area contributed by atoms with Crippen LogP contribution >= 0.6 is 0 Å². The van der Waals surface area contributed by atoms with Crippen LogP contribution in [0.25, 0.3) is 0 Å². The smallest absolute Gasteiger partial charge is 0.244 e. The number of carbonyl (C=O) groups is 3. The average molecular weight is 436 g/mol. The summed E-state index contributed by atoms with van der Waals surface area (Å²) in [4.78, 5) is 39.4.